The number of aliphatic imine (C=N–C) groups is 1. The van der Waals surface area contributed by atoms with Gasteiger partial charge in [-0.25, -0.2) is 13.3 Å². The maximum atomic E-state index is 12.1. The van der Waals surface area contributed by atoms with Gasteiger partial charge < -0.3 is 11.1 Å². The Morgan fingerprint density at radius 2 is 1.94 bits per heavy atom. The third-order valence-electron chi connectivity index (χ3n) is 5.25. The fourth-order valence-electron chi connectivity index (χ4n) is 3.42. The van der Waals surface area contributed by atoms with Gasteiger partial charge in [-0.1, -0.05) is 52.1 Å². The van der Waals surface area contributed by atoms with E-state index in [1.807, 2.05) is 36.7 Å². The molecule has 1 saturated carbocycles. The van der Waals surface area contributed by atoms with Crippen molar-refractivity contribution in [1.82, 2.24) is 14.9 Å². The predicted molar refractivity (Wildman–Crippen MR) is 141 cm³/mol. The number of rotatable bonds is 7. The highest BCUT2D eigenvalue weighted by Crippen LogP contribution is 2.25. The summed E-state index contributed by atoms with van der Waals surface area (Å²) < 4.78 is 26.1. The first-order valence-corrected chi connectivity index (χ1v) is 11.8. The fourth-order valence-corrected chi connectivity index (χ4v) is 3.42. The van der Waals surface area contributed by atoms with Crippen LogP contribution in [0.5, 0.6) is 0 Å². The number of halogens is 2. The van der Waals surface area contributed by atoms with E-state index in [2.05, 4.69) is 47.6 Å². The fraction of sp³-hybridized carbons (Fsp3) is 0.407. The molecular weight excluding hydrogens is 432 g/mol. The van der Waals surface area contributed by atoms with E-state index >= 15 is 0 Å². The Morgan fingerprint density at radius 3 is 2.50 bits per heavy atom. The second kappa shape index (κ2) is 15.6. The van der Waals surface area contributed by atoms with E-state index in [9.17, 15) is 8.78 Å². The molecule has 7 heteroatoms. The normalized spacial score (nSPS) is 18.7. The second-order valence-corrected chi connectivity index (χ2v) is 7.92. The highest BCUT2D eigenvalue weighted by molar-refractivity contribution is 5.93. The summed E-state index contributed by atoms with van der Waals surface area (Å²) in [6.07, 6.45) is 9.96. The average Bonchev–Trinajstić information content (AvgIpc) is 3.29. The molecule has 34 heavy (non-hydrogen) atoms. The van der Waals surface area contributed by atoms with Crippen molar-refractivity contribution in [3.8, 4) is 0 Å². The van der Waals surface area contributed by atoms with Crippen molar-refractivity contribution in [3.63, 3.8) is 0 Å². The molecule has 1 fully saturated rings. The summed E-state index contributed by atoms with van der Waals surface area (Å²) >= 11 is 0. The van der Waals surface area contributed by atoms with E-state index in [0.717, 1.165) is 29.0 Å². The van der Waals surface area contributed by atoms with Gasteiger partial charge in [0.05, 0.1) is 11.2 Å². The van der Waals surface area contributed by atoms with Crippen LogP contribution >= 0.6 is 0 Å². The van der Waals surface area contributed by atoms with Crippen LogP contribution in [0.25, 0.3) is 11.2 Å². The molecule has 2 aromatic heterocycles. The van der Waals surface area contributed by atoms with Crippen molar-refractivity contribution >= 4 is 16.9 Å². The second-order valence-electron chi connectivity index (χ2n) is 7.92. The minimum absolute atomic E-state index is 0.425. The third kappa shape index (κ3) is 9.73. The Bertz CT molecular complexity index is 947. The molecule has 3 rings (SSSR count). The minimum Gasteiger partial charge on any atom is -0.403 e. The van der Waals surface area contributed by atoms with Gasteiger partial charge in [-0.15, -0.1) is 0 Å². The zero-order valence-corrected chi connectivity index (χ0v) is 20.8. The van der Waals surface area contributed by atoms with Gasteiger partial charge >= 0.3 is 0 Å². The molecule has 0 saturated heterocycles. The average molecular weight is 472 g/mol. The number of nitrogens with one attached hydrogen (secondary N) is 1. The quantitative estimate of drug-likeness (QED) is 0.346. The molecule has 0 unspecified atom stereocenters. The largest absolute Gasteiger partial charge is 0.403 e. The Balaban J connectivity index is 0.000000340. The van der Waals surface area contributed by atoms with Crippen LogP contribution in [0.1, 0.15) is 59.1 Å². The Hall–Kier alpha value is -3.22. The van der Waals surface area contributed by atoms with Gasteiger partial charge in [0.25, 0.3) is 6.43 Å². The first kappa shape index (κ1) is 28.8. The number of nitrogens with two attached hydrogens (primary N) is 1. The molecule has 0 aliphatic heterocycles. The maximum Gasteiger partial charge on any atom is 0.281 e. The lowest BCUT2D eigenvalue weighted by molar-refractivity contribution is 0.188. The predicted octanol–water partition coefficient (Wildman–Crippen LogP) is 6.75. The summed E-state index contributed by atoms with van der Waals surface area (Å²) in [6.45, 7) is 15.5. The minimum atomic E-state index is -2.64. The molecule has 5 nitrogen and oxygen atoms in total. The molecule has 0 amide bonds. The van der Waals surface area contributed by atoms with Crippen LogP contribution in [0.4, 0.5) is 8.78 Å². The van der Waals surface area contributed by atoms with E-state index in [0.29, 0.717) is 11.8 Å². The van der Waals surface area contributed by atoms with E-state index in [1.54, 1.807) is 19.1 Å². The summed E-state index contributed by atoms with van der Waals surface area (Å²) in [4.78, 5) is 3.60. The van der Waals surface area contributed by atoms with Crippen LogP contribution in [0, 0.1) is 5.92 Å². The van der Waals surface area contributed by atoms with Gasteiger partial charge in [-0.3, -0.25) is 4.99 Å². The van der Waals surface area contributed by atoms with Crippen LogP contribution in [0.2, 0.25) is 0 Å². The first-order valence-electron chi connectivity index (χ1n) is 11.8. The van der Waals surface area contributed by atoms with Crippen LogP contribution < -0.4 is 11.1 Å². The van der Waals surface area contributed by atoms with Gasteiger partial charge in [0.15, 0.2) is 0 Å². The lowest BCUT2D eigenvalue weighted by Crippen LogP contribution is -2.31. The molecule has 3 N–H and O–H groups in total. The van der Waals surface area contributed by atoms with Gasteiger partial charge in [-0.2, -0.15) is 5.10 Å². The molecule has 0 bridgehead atoms. The Labute approximate surface area is 202 Å². The maximum absolute atomic E-state index is 12.1. The number of allylic oxidation sites excluding steroid dienone is 4. The summed E-state index contributed by atoms with van der Waals surface area (Å²) in [5.74, 6) is 0.876. The zero-order valence-electron chi connectivity index (χ0n) is 20.8. The monoisotopic (exact) mass is 471 g/mol. The summed E-state index contributed by atoms with van der Waals surface area (Å²) in [6, 6.07) is 8.73. The highest BCUT2D eigenvalue weighted by Gasteiger charge is 2.19. The first-order chi connectivity index (χ1) is 16.3. The smallest absolute Gasteiger partial charge is 0.281 e. The number of fused-ring (bicyclic) bond motifs is 1. The molecule has 2 aromatic rings. The van der Waals surface area contributed by atoms with Crippen LogP contribution in [-0.4, -0.2) is 27.8 Å². The van der Waals surface area contributed by atoms with Gasteiger partial charge in [0, 0.05) is 24.2 Å². The summed E-state index contributed by atoms with van der Waals surface area (Å²) in [7, 11) is 0. The van der Waals surface area contributed by atoms with Gasteiger partial charge in [0.2, 0.25) is 0 Å². The standard InChI is InChI=1S/C16H21N3.C9H12F2N2.C2H6/c1-12-6-8-14(9-7-12)17-13(2)16-11-15-5-3-4-10-19(15)18-16;1-3-4-5-7(2)13-8(6-12)9(10)11;1-2/h3-5,10-12,14,17H,2,6-9H2,1H3;3-6,9H,1,12H2,2H3;1-2H3/b;5-4-,8-6-,13-7-;. The van der Waals surface area contributed by atoms with E-state index in [-0.39, 0.29) is 0 Å². The molecule has 0 radical (unpaired) electrons. The van der Waals surface area contributed by atoms with Crippen molar-refractivity contribution in [3.05, 3.63) is 79.4 Å². The summed E-state index contributed by atoms with van der Waals surface area (Å²) in [5.41, 5.74) is 7.99. The van der Waals surface area contributed by atoms with Crippen molar-refractivity contribution < 1.29 is 8.78 Å². The molecule has 186 valence electrons. The lowest BCUT2D eigenvalue weighted by Gasteiger charge is -2.28. The van der Waals surface area contributed by atoms with Crippen molar-refractivity contribution in [2.24, 2.45) is 16.6 Å². The molecule has 0 spiro atoms. The SMILES string of the molecule is C=C(NC1CCC(C)CC1)c1cc2ccccn2n1.C=C\C=C/C(C)=N\C(=C/N)C(F)F.CC. The molecule has 2 heterocycles. The Morgan fingerprint density at radius 1 is 1.26 bits per heavy atom. The number of hydrogen-bond donors (Lipinski definition) is 2. The van der Waals surface area contributed by atoms with E-state index in [4.69, 9.17) is 5.73 Å². The van der Waals surface area contributed by atoms with Crippen LogP contribution in [-0.2, 0) is 0 Å². The highest BCUT2D eigenvalue weighted by atomic mass is 19.3. The number of alkyl halides is 2. The van der Waals surface area contributed by atoms with Gasteiger partial charge in [-0.05, 0) is 62.8 Å². The molecule has 0 atom stereocenters. The van der Waals surface area contributed by atoms with E-state index in [1.165, 1.54) is 31.8 Å². The van der Waals surface area contributed by atoms with Crippen LogP contribution in [0.15, 0.2) is 78.7 Å². The number of aromatic nitrogens is 2. The number of hydrogen-bond acceptors (Lipinski definition) is 4. The number of nitrogens with zero attached hydrogens (tertiary/aromatic N) is 3. The van der Waals surface area contributed by atoms with Crippen molar-refractivity contribution in [2.45, 2.75) is 65.8 Å². The molecule has 1 aliphatic carbocycles. The molecule has 0 aromatic carbocycles. The lowest BCUT2D eigenvalue weighted by atomic mass is 9.87. The third-order valence-corrected chi connectivity index (χ3v) is 5.25. The topological polar surface area (TPSA) is 67.7 Å². The zero-order chi connectivity index (χ0) is 25.5. The molecular formula is C27H39F2N5. The Kier molecular flexibility index (Phi) is 13.2. The number of pyridine rings is 1. The molecule has 1 aliphatic rings. The van der Waals surface area contributed by atoms with Crippen LogP contribution in [0.3, 0.4) is 0 Å². The van der Waals surface area contributed by atoms with Crippen molar-refractivity contribution in [2.75, 3.05) is 0 Å². The summed E-state index contributed by atoms with van der Waals surface area (Å²) in [5, 5.41) is 8.09. The van der Waals surface area contributed by atoms with Crippen molar-refractivity contribution in [1.29, 1.82) is 0 Å². The van der Waals surface area contributed by atoms with Gasteiger partial charge in [0.1, 0.15) is 11.4 Å². The van der Waals surface area contributed by atoms with E-state index < -0.39 is 12.1 Å².